The van der Waals surface area contributed by atoms with Crippen LogP contribution in [0.2, 0.25) is 0 Å². The lowest BCUT2D eigenvalue weighted by molar-refractivity contribution is -0.135. The maximum absolute atomic E-state index is 13.2. The molecule has 2 aliphatic carbocycles. The molecule has 0 aliphatic heterocycles. The molecule has 0 aromatic carbocycles. The summed E-state index contributed by atoms with van der Waals surface area (Å²) in [5, 5.41) is 11.2. The Kier molecular flexibility index (Phi) is 8.54. The van der Waals surface area contributed by atoms with Crippen molar-refractivity contribution in [3.8, 4) is 0 Å². The SMILES string of the molecule is COCC(=O)Nc1nnc(SCC(=O)N(C2CCCCC2)C2CCCCC2)s1. The standard InChI is InChI=1S/C19H30N4O3S2/c1-26-12-16(24)20-18-21-22-19(28-18)27-13-17(25)23(14-8-4-2-5-9-14)15-10-6-3-7-11-15/h14-15H,2-13H2,1H3,(H,20,21,24). The van der Waals surface area contributed by atoms with Gasteiger partial charge < -0.3 is 9.64 Å². The quantitative estimate of drug-likeness (QED) is 0.504. The van der Waals surface area contributed by atoms with Gasteiger partial charge in [0.25, 0.3) is 5.91 Å². The Morgan fingerprint density at radius 1 is 1.07 bits per heavy atom. The van der Waals surface area contributed by atoms with Crippen molar-refractivity contribution < 1.29 is 14.3 Å². The molecule has 2 amide bonds. The molecule has 156 valence electrons. The van der Waals surface area contributed by atoms with Crippen LogP contribution in [0.15, 0.2) is 4.34 Å². The van der Waals surface area contributed by atoms with Gasteiger partial charge in [0.2, 0.25) is 11.0 Å². The minimum absolute atomic E-state index is 0.0156. The second kappa shape index (κ2) is 11.1. The Hall–Kier alpha value is -1.19. The minimum atomic E-state index is -0.257. The summed E-state index contributed by atoms with van der Waals surface area (Å²) >= 11 is 2.71. The highest BCUT2D eigenvalue weighted by molar-refractivity contribution is 8.01. The molecule has 0 atom stereocenters. The predicted octanol–water partition coefficient (Wildman–Crippen LogP) is 3.71. The van der Waals surface area contributed by atoms with Crippen LogP contribution in [-0.2, 0) is 14.3 Å². The maximum Gasteiger partial charge on any atom is 0.252 e. The summed E-state index contributed by atoms with van der Waals surface area (Å²) in [5.74, 6) is 0.351. The van der Waals surface area contributed by atoms with Gasteiger partial charge in [-0.3, -0.25) is 14.9 Å². The van der Waals surface area contributed by atoms with Crippen molar-refractivity contribution in [3.63, 3.8) is 0 Å². The van der Waals surface area contributed by atoms with Crippen LogP contribution in [0.5, 0.6) is 0 Å². The largest absolute Gasteiger partial charge is 0.375 e. The van der Waals surface area contributed by atoms with Crippen molar-refractivity contribution in [1.29, 1.82) is 0 Å². The van der Waals surface area contributed by atoms with Crippen molar-refractivity contribution in [2.45, 2.75) is 80.6 Å². The molecule has 2 aliphatic rings. The molecule has 1 aromatic heterocycles. The first-order chi connectivity index (χ1) is 13.7. The van der Waals surface area contributed by atoms with Crippen LogP contribution in [-0.4, -0.2) is 58.5 Å². The third-order valence-corrected chi connectivity index (χ3v) is 7.43. The van der Waals surface area contributed by atoms with Crippen molar-refractivity contribution in [2.24, 2.45) is 0 Å². The molecule has 0 spiro atoms. The number of methoxy groups -OCH3 is 1. The van der Waals surface area contributed by atoms with Crippen LogP contribution >= 0.6 is 23.1 Å². The van der Waals surface area contributed by atoms with Crippen molar-refractivity contribution in [3.05, 3.63) is 0 Å². The molecule has 9 heteroatoms. The third-order valence-electron chi connectivity index (χ3n) is 5.47. The lowest BCUT2D eigenvalue weighted by Gasteiger charge is -2.41. The van der Waals surface area contributed by atoms with E-state index in [0.717, 1.165) is 25.7 Å². The maximum atomic E-state index is 13.2. The van der Waals surface area contributed by atoms with E-state index in [1.807, 2.05) is 0 Å². The van der Waals surface area contributed by atoms with Crippen molar-refractivity contribution >= 4 is 40.0 Å². The molecule has 7 nitrogen and oxygen atoms in total. The zero-order valence-corrected chi connectivity index (χ0v) is 18.2. The van der Waals surface area contributed by atoms with Gasteiger partial charge in [-0.15, -0.1) is 10.2 Å². The smallest absolute Gasteiger partial charge is 0.252 e. The van der Waals surface area contributed by atoms with E-state index in [-0.39, 0.29) is 18.4 Å². The number of nitrogens with one attached hydrogen (secondary N) is 1. The number of carbonyl (C=O) groups is 2. The van der Waals surface area contributed by atoms with E-state index in [4.69, 9.17) is 4.74 Å². The number of aromatic nitrogens is 2. The van der Waals surface area contributed by atoms with Crippen molar-refractivity contribution in [2.75, 3.05) is 24.8 Å². The summed E-state index contributed by atoms with van der Waals surface area (Å²) in [7, 11) is 1.47. The molecule has 0 unspecified atom stereocenters. The van der Waals surface area contributed by atoms with E-state index >= 15 is 0 Å². The Labute approximate surface area is 175 Å². The number of nitrogens with zero attached hydrogens (tertiary/aromatic N) is 3. The molecular weight excluding hydrogens is 396 g/mol. The second-order valence-electron chi connectivity index (χ2n) is 7.53. The van der Waals surface area contributed by atoms with Gasteiger partial charge in [0, 0.05) is 19.2 Å². The lowest BCUT2D eigenvalue weighted by atomic mass is 9.88. The predicted molar refractivity (Wildman–Crippen MR) is 112 cm³/mol. The summed E-state index contributed by atoms with van der Waals surface area (Å²) in [4.78, 5) is 27.0. The number of rotatable bonds is 8. The molecule has 2 saturated carbocycles. The fourth-order valence-corrected chi connectivity index (χ4v) is 5.86. The number of amides is 2. The van der Waals surface area contributed by atoms with Gasteiger partial charge in [0.15, 0.2) is 4.34 Å². The van der Waals surface area contributed by atoms with Crippen LogP contribution in [0.4, 0.5) is 5.13 Å². The fourth-order valence-electron chi connectivity index (χ4n) is 4.23. The molecular formula is C19H30N4O3S2. The average molecular weight is 427 g/mol. The van der Waals surface area contributed by atoms with E-state index in [0.29, 0.717) is 27.3 Å². The first-order valence-electron chi connectivity index (χ1n) is 10.2. The van der Waals surface area contributed by atoms with Gasteiger partial charge in [-0.2, -0.15) is 0 Å². The number of anilines is 1. The van der Waals surface area contributed by atoms with Gasteiger partial charge in [0.05, 0.1) is 5.75 Å². The Morgan fingerprint density at radius 3 is 2.25 bits per heavy atom. The topological polar surface area (TPSA) is 84.4 Å². The van der Waals surface area contributed by atoms with Crippen LogP contribution in [0.3, 0.4) is 0 Å². The minimum Gasteiger partial charge on any atom is -0.375 e. The Bertz CT molecular complexity index is 625. The van der Waals surface area contributed by atoms with E-state index in [2.05, 4.69) is 20.4 Å². The van der Waals surface area contributed by atoms with Gasteiger partial charge >= 0.3 is 0 Å². The first-order valence-corrected chi connectivity index (χ1v) is 12.0. The van der Waals surface area contributed by atoms with E-state index in [9.17, 15) is 9.59 Å². The molecule has 1 aromatic rings. The number of hydrogen-bond donors (Lipinski definition) is 1. The first kappa shape index (κ1) is 21.5. The third kappa shape index (κ3) is 6.15. The van der Waals surface area contributed by atoms with Crippen LogP contribution < -0.4 is 5.32 Å². The molecule has 28 heavy (non-hydrogen) atoms. The summed E-state index contributed by atoms with van der Waals surface area (Å²) in [6.45, 7) is -0.0156. The zero-order chi connectivity index (χ0) is 19.8. The van der Waals surface area contributed by atoms with Gasteiger partial charge in [-0.05, 0) is 25.7 Å². The van der Waals surface area contributed by atoms with Gasteiger partial charge in [-0.1, -0.05) is 61.6 Å². The summed E-state index contributed by atoms with van der Waals surface area (Å²) in [6, 6.07) is 0.812. The van der Waals surface area contributed by atoms with Crippen LogP contribution in [0.25, 0.3) is 0 Å². The highest BCUT2D eigenvalue weighted by Gasteiger charge is 2.32. The van der Waals surface area contributed by atoms with E-state index in [1.165, 1.54) is 68.7 Å². The zero-order valence-electron chi connectivity index (χ0n) is 16.5. The lowest BCUT2D eigenvalue weighted by Crippen LogP contribution is -2.49. The van der Waals surface area contributed by atoms with Crippen LogP contribution in [0.1, 0.15) is 64.2 Å². The number of ether oxygens (including phenoxy) is 1. The summed E-state index contributed by atoms with van der Waals surface area (Å²) < 4.78 is 5.49. The Morgan fingerprint density at radius 2 is 1.68 bits per heavy atom. The van der Waals surface area contributed by atoms with Crippen molar-refractivity contribution in [1.82, 2.24) is 15.1 Å². The second-order valence-corrected chi connectivity index (χ2v) is 9.73. The fraction of sp³-hybridized carbons (Fsp3) is 0.789. The van der Waals surface area contributed by atoms with E-state index in [1.54, 1.807) is 0 Å². The number of carbonyl (C=O) groups excluding carboxylic acids is 2. The normalized spacial score (nSPS) is 18.8. The highest BCUT2D eigenvalue weighted by atomic mass is 32.2. The summed E-state index contributed by atoms with van der Waals surface area (Å²) in [6.07, 6.45) is 12.1. The molecule has 3 rings (SSSR count). The highest BCUT2D eigenvalue weighted by Crippen LogP contribution is 2.32. The molecule has 2 fully saturated rings. The summed E-state index contributed by atoms with van der Waals surface area (Å²) in [5.41, 5.74) is 0. The average Bonchev–Trinajstić information content (AvgIpc) is 3.16. The molecule has 1 N–H and O–H groups in total. The number of thioether (sulfide) groups is 1. The molecule has 1 heterocycles. The van der Waals surface area contributed by atoms with E-state index < -0.39 is 0 Å². The molecule has 0 saturated heterocycles. The van der Waals surface area contributed by atoms with Crippen LogP contribution in [0, 0.1) is 0 Å². The molecule has 0 radical (unpaired) electrons. The monoisotopic (exact) mass is 426 g/mol. The molecule has 0 bridgehead atoms. The number of hydrogen-bond acceptors (Lipinski definition) is 7. The van der Waals surface area contributed by atoms with Gasteiger partial charge in [-0.25, -0.2) is 0 Å². The van der Waals surface area contributed by atoms with Gasteiger partial charge in [0.1, 0.15) is 6.61 Å². The Balaban J connectivity index is 1.57.